The molecule has 92 valence electrons. The minimum atomic E-state index is -0.350. The SMILES string of the molecule is CC1c2ccccc2CN1c1cn[nH]c(=O)c1Cl. The van der Waals surface area contributed by atoms with Gasteiger partial charge in [-0.05, 0) is 18.1 Å². The number of halogens is 1. The van der Waals surface area contributed by atoms with Gasteiger partial charge in [-0.2, -0.15) is 5.10 Å². The molecule has 2 heterocycles. The van der Waals surface area contributed by atoms with Crippen LogP contribution in [0.5, 0.6) is 0 Å². The summed E-state index contributed by atoms with van der Waals surface area (Å²) in [6.45, 7) is 2.85. The van der Waals surface area contributed by atoms with Crippen LogP contribution in [0.2, 0.25) is 5.02 Å². The summed E-state index contributed by atoms with van der Waals surface area (Å²) in [6, 6.07) is 8.44. The summed E-state index contributed by atoms with van der Waals surface area (Å²) < 4.78 is 0. The lowest BCUT2D eigenvalue weighted by atomic mass is 10.1. The van der Waals surface area contributed by atoms with Crippen LogP contribution in [0.4, 0.5) is 5.69 Å². The van der Waals surface area contributed by atoms with Crippen molar-refractivity contribution in [1.29, 1.82) is 0 Å². The van der Waals surface area contributed by atoms with E-state index in [1.807, 2.05) is 12.1 Å². The normalized spacial score (nSPS) is 17.9. The van der Waals surface area contributed by atoms with E-state index in [0.29, 0.717) is 5.69 Å². The first-order chi connectivity index (χ1) is 8.68. The Bertz CT molecular complexity index is 653. The van der Waals surface area contributed by atoms with Crippen molar-refractivity contribution in [2.45, 2.75) is 19.5 Å². The highest BCUT2D eigenvalue weighted by Crippen LogP contribution is 2.38. The Morgan fingerprint density at radius 3 is 3.00 bits per heavy atom. The molecule has 18 heavy (non-hydrogen) atoms. The third-order valence-corrected chi connectivity index (χ3v) is 3.77. The zero-order valence-corrected chi connectivity index (χ0v) is 10.6. The molecule has 0 radical (unpaired) electrons. The Morgan fingerprint density at radius 1 is 1.44 bits per heavy atom. The van der Waals surface area contributed by atoms with Crippen LogP contribution in [0, 0.1) is 0 Å². The number of fused-ring (bicyclic) bond motifs is 1. The maximum Gasteiger partial charge on any atom is 0.285 e. The lowest BCUT2D eigenvalue weighted by molar-refractivity contribution is 0.727. The van der Waals surface area contributed by atoms with Gasteiger partial charge in [-0.15, -0.1) is 0 Å². The molecule has 1 aromatic heterocycles. The third kappa shape index (κ3) is 1.61. The molecule has 5 heteroatoms. The third-order valence-electron chi connectivity index (χ3n) is 3.40. The van der Waals surface area contributed by atoms with E-state index in [-0.39, 0.29) is 16.6 Å². The number of anilines is 1. The quantitative estimate of drug-likeness (QED) is 0.858. The summed E-state index contributed by atoms with van der Waals surface area (Å²) in [5.74, 6) is 0. The van der Waals surface area contributed by atoms with E-state index < -0.39 is 0 Å². The standard InChI is InChI=1S/C13H12ClN3O/c1-8-10-5-3-2-4-9(10)7-17(8)11-6-15-16-13(18)12(11)14/h2-6,8H,7H2,1H3,(H,16,18). The van der Waals surface area contributed by atoms with Gasteiger partial charge >= 0.3 is 0 Å². The molecule has 1 unspecified atom stereocenters. The minimum Gasteiger partial charge on any atom is -0.358 e. The van der Waals surface area contributed by atoms with Crippen LogP contribution in [0.1, 0.15) is 24.1 Å². The molecule has 0 bridgehead atoms. The van der Waals surface area contributed by atoms with Crippen molar-refractivity contribution >= 4 is 17.3 Å². The van der Waals surface area contributed by atoms with Gasteiger partial charge in [0.25, 0.3) is 5.56 Å². The average Bonchev–Trinajstić information content (AvgIpc) is 2.71. The number of rotatable bonds is 1. The summed E-state index contributed by atoms with van der Waals surface area (Å²) >= 11 is 6.06. The van der Waals surface area contributed by atoms with E-state index in [4.69, 9.17) is 11.6 Å². The Hall–Kier alpha value is -1.81. The zero-order chi connectivity index (χ0) is 12.7. The van der Waals surface area contributed by atoms with Crippen molar-refractivity contribution < 1.29 is 0 Å². The number of H-pyrrole nitrogens is 1. The predicted octanol–water partition coefficient (Wildman–Crippen LogP) is 2.50. The Labute approximate surface area is 109 Å². The van der Waals surface area contributed by atoms with Crippen molar-refractivity contribution in [2.24, 2.45) is 0 Å². The zero-order valence-electron chi connectivity index (χ0n) is 9.85. The number of nitrogens with zero attached hydrogens (tertiary/aromatic N) is 2. The molecule has 0 aliphatic carbocycles. The Kier molecular flexibility index (Phi) is 2.59. The highest BCUT2D eigenvalue weighted by molar-refractivity contribution is 6.33. The molecule has 4 nitrogen and oxygen atoms in total. The maximum absolute atomic E-state index is 11.5. The van der Waals surface area contributed by atoms with Crippen LogP contribution < -0.4 is 10.5 Å². The van der Waals surface area contributed by atoms with Gasteiger partial charge in [0.05, 0.1) is 17.9 Å². The van der Waals surface area contributed by atoms with Crippen molar-refractivity contribution in [3.8, 4) is 0 Å². The summed E-state index contributed by atoms with van der Waals surface area (Å²) in [4.78, 5) is 13.6. The van der Waals surface area contributed by atoms with Gasteiger partial charge in [0.2, 0.25) is 0 Å². The lowest BCUT2D eigenvalue weighted by Gasteiger charge is -2.24. The lowest BCUT2D eigenvalue weighted by Crippen LogP contribution is -2.22. The smallest absolute Gasteiger partial charge is 0.285 e. The van der Waals surface area contributed by atoms with Crippen LogP contribution in [-0.2, 0) is 6.54 Å². The van der Waals surface area contributed by atoms with Crippen molar-refractivity contribution in [3.05, 3.63) is 57.0 Å². The molecular formula is C13H12ClN3O. The fourth-order valence-corrected chi connectivity index (χ4v) is 2.64. The molecule has 1 aliphatic heterocycles. The molecule has 2 aromatic rings. The molecule has 0 fully saturated rings. The monoisotopic (exact) mass is 261 g/mol. The second-order valence-electron chi connectivity index (χ2n) is 4.40. The molecule has 0 saturated carbocycles. The largest absolute Gasteiger partial charge is 0.358 e. The first-order valence-electron chi connectivity index (χ1n) is 5.76. The van der Waals surface area contributed by atoms with Crippen LogP contribution >= 0.6 is 11.6 Å². The molecule has 1 N–H and O–H groups in total. The van der Waals surface area contributed by atoms with Crippen molar-refractivity contribution in [1.82, 2.24) is 10.2 Å². The summed E-state index contributed by atoms with van der Waals surface area (Å²) in [7, 11) is 0. The number of benzene rings is 1. The summed E-state index contributed by atoms with van der Waals surface area (Å²) in [5, 5.41) is 6.36. The van der Waals surface area contributed by atoms with Crippen molar-refractivity contribution in [3.63, 3.8) is 0 Å². The summed E-state index contributed by atoms with van der Waals surface area (Å²) in [5.41, 5.74) is 2.87. The van der Waals surface area contributed by atoms with E-state index >= 15 is 0 Å². The highest BCUT2D eigenvalue weighted by Gasteiger charge is 2.28. The number of hydrogen-bond donors (Lipinski definition) is 1. The van der Waals surface area contributed by atoms with E-state index in [1.54, 1.807) is 6.20 Å². The van der Waals surface area contributed by atoms with E-state index in [0.717, 1.165) is 6.54 Å². The predicted molar refractivity (Wildman–Crippen MR) is 70.9 cm³/mol. The van der Waals surface area contributed by atoms with Crippen molar-refractivity contribution in [2.75, 3.05) is 4.90 Å². The molecule has 1 aliphatic rings. The molecule has 1 atom stereocenters. The molecular weight excluding hydrogens is 250 g/mol. The second-order valence-corrected chi connectivity index (χ2v) is 4.78. The molecule has 0 amide bonds. The Balaban J connectivity index is 2.07. The number of hydrogen-bond acceptors (Lipinski definition) is 3. The second kappa shape index (κ2) is 4.14. The first kappa shape index (κ1) is 11.3. The topological polar surface area (TPSA) is 49.0 Å². The van der Waals surface area contributed by atoms with Gasteiger partial charge in [-0.1, -0.05) is 35.9 Å². The van der Waals surface area contributed by atoms with Gasteiger partial charge in [0.15, 0.2) is 0 Å². The molecule has 0 spiro atoms. The van der Waals surface area contributed by atoms with Gasteiger partial charge in [0, 0.05) is 6.54 Å². The minimum absolute atomic E-state index is 0.197. The first-order valence-corrected chi connectivity index (χ1v) is 6.14. The van der Waals surface area contributed by atoms with Crippen LogP contribution in [0.15, 0.2) is 35.3 Å². The van der Waals surface area contributed by atoms with E-state index in [1.165, 1.54) is 11.1 Å². The fraction of sp³-hybridized carbons (Fsp3) is 0.231. The van der Waals surface area contributed by atoms with E-state index in [9.17, 15) is 4.79 Å². The number of aromatic amines is 1. The van der Waals surface area contributed by atoms with Gasteiger partial charge in [0.1, 0.15) is 5.02 Å². The highest BCUT2D eigenvalue weighted by atomic mass is 35.5. The molecule has 0 saturated heterocycles. The molecule has 1 aromatic carbocycles. The number of aromatic nitrogens is 2. The van der Waals surface area contributed by atoms with Gasteiger partial charge in [-0.3, -0.25) is 4.79 Å². The van der Waals surface area contributed by atoms with Gasteiger partial charge in [-0.25, -0.2) is 5.10 Å². The van der Waals surface area contributed by atoms with Crippen LogP contribution in [0.3, 0.4) is 0 Å². The van der Waals surface area contributed by atoms with Crippen LogP contribution in [0.25, 0.3) is 0 Å². The average molecular weight is 262 g/mol. The Morgan fingerprint density at radius 2 is 2.22 bits per heavy atom. The van der Waals surface area contributed by atoms with Gasteiger partial charge < -0.3 is 4.90 Å². The fourth-order valence-electron chi connectivity index (χ4n) is 2.44. The molecule has 3 rings (SSSR count). The maximum atomic E-state index is 11.5. The number of nitrogens with one attached hydrogen (secondary N) is 1. The summed E-state index contributed by atoms with van der Waals surface area (Å²) in [6.07, 6.45) is 1.60. The van der Waals surface area contributed by atoms with E-state index in [2.05, 4.69) is 34.2 Å². The van der Waals surface area contributed by atoms with Crippen LogP contribution in [-0.4, -0.2) is 10.2 Å².